The number of hydrogen-bond donors (Lipinski definition) is 1. The first kappa shape index (κ1) is 17.0. The Morgan fingerprint density at radius 2 is 1.75 bits per heavy atom. The maximum atomic E-state index is 5.62. The van der Waals surface area contributed by atoms with Crippen molar-refractivity contribution >= 4 is 23.0 Å². The third kappa shape index (κ3) is 4.35. The molecule has 1 N–H and O–H groups in total. The maximum absolute atomic E-state index is 5.62. The van der Waals surface area contributed by atoms with Gasteiger partial charge in [-0.3, -0.25) is 0 Å². The molecule has 1 fully saturated rings. The van der Waals surface area contributed by atoms with Crippen LogP contribution in [-0.2, 0) is 6.42 Å². The molecule has 1 aliphatic rings. The normalized spacial score (nSPS) is 15.3. The summed E-state index contributed by atoms with van der Waals surface area (Å²) in [6.45, 7) is 6.37. The lowest BCUT2D eigenvalue weighted by atomic mass is 9.90. The Labute approximate surface area is 150 Å². The van der Waals surface area contributed by atoms with Gasteiger partial charge in [0.2, 0.25) is 0 Å². The highest BCUT2D eigenvalue weighted by Gasteiger charge is 2.21. The third-order valence-corrected chi connectivity index (χ3v) is 5.39. The Morgan fingerprint density at radius 3 is 2.42 bits per heavy atom. The molecule has 0 radical (unpaired) electrons. The van der Waals surface area contributed by atoms with Crippen LogP contribution in [0.2, 0.25) is 0 Å². The van der Waals surface area contributed by atoms with E-state index in [1.807, 2.05) is 0 Å². The van der Waals surface area contributed by atoms with Gasteiger partial charge < -0.3 is 10.2 Å². The maximum Gasteiger partial charge on any atom is 0.173 e. The number of anilines is 1. The molecule has 2 aromatic rings. The SMILES string of the molecule is Cc1ccc(NC(=S)N2CCC(Cc3ccccc3)CC2)cc1C. The average Bonchev–Trinajstić information content (AvgIpc) is 2.60. The van der Waals surface area contributed by atoms with Crippen molar-refractivity contribution < 1.29 is 0 Å². The summed E-state index contributed by atoms with van der Waals surface area (Å²) in [6.07, 6.45) is 3.61. The average molecular weight is 339 g/mol. The first-order valence-electron chi connectivity index (χ1n) is 8.79. The molecule has 2 aromatic carbocycles. The van der Waals surface area contributed by atoms with Crippen molar-refractivity contribution in [3.8, 4) is 0 Å². The second kappa shape index (κ2) is 7.80. The van der Waals surface area contributed by atoms with Crippen LogP contribution in [0, 0.1) is 19.8 Å². The van der Waals surface area contributed by atoms with Gasteiger partial charge in [-0.05, 0) is 80.1 Å². The summed E-state index contributed by atoms with van der Waals surface area (Å²) >= 11 is 5.62. The second-order valence-corrected chi connectivity index (χ2v) is 7.24. The first-order valence-corrected chi connectivity index (χ1v) is 9.20. The monoisotopic (exact) mass is 338 g/mol. The van der Waals surface area contributed by atoms with Crippen LogP contribution in [0.4, 0.5) is 5.69 Å². The van der Waals surface area contributed by atoms with Crippen molar-refractivity contribution in [2.24, 2.45) is 5.92 Å². The molecular weight excluding hydrogens is 312 g/mol. The van der Waals surface area contributed by atoms with Crippen LogP contribution in [0.3, 0.4) is 0 Å². The third-order valence-electron chi connectivity index (χ3n) is 5.03. The van der Waals surface area contributed by atoms with E-state index in [1.165, 1.54) is 36.0 Å². The molecule has 0 amide bonds. The highest BCUT2D eigenvalue weighted by molar-refractivity contribution is 7.80. The summed E-state index contributed by atoms with van der Waals surface area (Å²) in [4.78, 5) is 2.31. The Balaban J connectivity index is 1.50. The lowest BCUT2D eigenvalue weighted by molar-refractivity contribution is 0.268. The van der Waals surface area contributed by atoms with Gasteiger partial charge in [0.05, 0.1) is 0 Å². The van der Waals surface area contributed by atoms with E-state index in [4.69, 9.17) is 12.2 Å². The van der Waals surface area contributed by atoms with Gasteiger partial charge in [0, 0.05) is 18.8 Å². The van der Waals surface area contributed by atoms with E-state index in [-0.39, 0.29) is 0 Å². The predicted molar refractivity (Wildman–Crippen MR) is 107 cm³/mol. The number of likely N-dealkylation sites (tertiary alicyclic amines) is 1. The Bertz CT molecular complexity index is 688. The van der Waals surface area contributed by atoms with Crippen molar-refractivity contribution in [1.82, 2.24) is 4.90 Å². The molecule has 1 saturated heterocycles. The molecule has 3 heteroatoms. The molecule has 0 saturated carbocycles. The van der Waals surface area contributed by atoms with Gasteiger partial charge in [-0.1, -0.05) is 36.4 Å². The van der Waals surface area contributed by atoms with Crippen LogP contribution in [0.15, 0.2) is 48.5 Å². The number of piperidine rings is 1. The van der Waals surface area contributed by atoms with E-state index >= 15 is 0 Å². The summed E-state index contributed by atoms with van der Waals surface area (Å²) in [6, 6.07) is 17.2. The van der Waals surface area contributed by atoms with Crippen LogP contribution in [0.5, 0.6) is 0 Å². The van der Waals surface area contributed by atoms with E-state index in [1.54, 1.807) is 0 Å². The second-order valence-electron chi connectivity index (χ2n) is 6.85. The molecule has 0 atom stereocenters. The minimum Gasteiger partial charge on any atom is -0.349 e. The molecule has 0 spiro atoms. The van der Waals surface area contributed by atoms with Gasteiger partial charge in [-0.2, -0.15) is 0 Å². The Kier molecular flexibility index (Phi) is 5.52. The van der Waals surface area contributed by atoms with Gasteiger partial charge in [0.15, 0.2) is 5.11 Å². The fourth-order valence-corrected chi connectivity index (χ4v) is 3.61. The standard InChI is InChI=1S/C21H26N2S/c1-16-8-9-20(14-17(16)2)22-21(24)23-12-10-19(11-13-23)15-18-6-4-3-5-7-18/h3-9,14,19H,10-13,15H2,1-2H3,(H,22,24). The fourth-order valence-electron chi connectivity index (χ4n) is 3.31. The summed E-state index contributed by atoms with van der Waals surface area (Å²) in [5, 5.41) is 4.26. The topological polar surface area (TPSA) is 15.3 Å². The van der Waals surface area contributed by atoms with Crippen LogP contribution >= 0.6 is 12.2 Å². The summed E-state index contributed by atoms with van der Waals surface area (Å²) in [7, 11) is 0. The minimum atomic E-state index is 0.771. The number of aryl methyl sites for hydroxylation is 2. The molecule has 0 bridgehead atoms. The molecule has 0 aromatic heterocycles. The Hall–Kier alpha value is -1.87. The number of hydrogen-bond acceptors (Lipinski definition) is 1. The molecule has 1 aliphatic heterocycles. The highest BCUT2D eigenvalue weighted by atomic mass is 32.1. The molecule has 1 heterocycles. The van der Waals surface area contributed by atoms with Crippen LogP contribution in [0.25, 0.3) is 0 Å². The zero-order chi connectivity index (χ0) is 16.9. The van der Waals surface area contributed by atoms with E-state index in [0.717, 1.165) is 29.8 Å². The summed E-state index contributed by atoms with van der Waals surface area (Å²) in [5.41, 5.74) is 5.15. The Morgan fingerprint density at radius 1 is 1.04 bits per heavy atom. The van der Waals surface area contributed by atoms with Gasteiger partial charge in [-0.15, -0.1) is 0 Å². The first-order chi connectivity index (χ1) is 11.6. The van der Waals surface area contributed by atoms with E-state index in [9.17, 15) is 0 Å². The van der Waals surface area contributed by atoms with Crippen molar-refractivity contribution in [1.29, 1.82) is 0 Å². The largest absolute Gasteiger partial charge is 0.349 e. The van der Waals surface area contributed by atoms with Crippen LogP contribution in [-0.4, -0.2) is 23.1 Å². The molecule has 0 aliphatic carbocycles. The van der Waals surface area contributed by atoms with Crippen LogP contribution < -0.4 is 5.32 Å². The lowest BCUT2D eigenvalue weighted by Gasteiger charge is -2.34. The smallest absolute Gasteiger partial charge is 0.173 e. The van der Waals surface area contributed by atoms with Crippen molar-refractivity contribution in [2.45, 2.75) is 33.1 Å². The van der Waals surface area contributed by atoms with Crippen molar-refractivity contribution in [3.63, 3.8) is 0 Å². The highest BCUT2D eigenvalue weighted by Crippen LogP contribution is 2.22. The summed E-state index contributed by atoms with van der Waals surface area (Å²) < 4.78 is 0. The zero-order valence-corrected chi connectivity index (χ0v) is 15.4. The van der Waals surface area contributed by atoms with E-state index < -0.39 is 0 Å². The quantitative estimate of drug-likeness (QED) is 0.797. The molecule has 3 rings (SSSR count). The van der Waals surface area contributed by atoms with Gasteiger partial charge in [-0.25, -0.2) is 0 Å². The van der Waals surface area contributed by atoms with Crippen LogP contribution in [0.1, 0.15) is 29.5 Å². The van der Waals surface area contributed by atoms with E-state index in [2.05, 4.69) is 72.6 Å². The number of benzene rings is 2. The molecule has 0 unspecified atom stereocenters. The predicted octanol–water partition coefficient (Wildman–Crippen LogP) is 4.95. The minimum absolute atomic E-state index is 0.771. The summed E-state index contributed by atoms with van der Waals surface area (Å²) in [5.74, 6) is 0.771. The number of thiocarbonyl (C=S) groups is 1. The number of nitrogens with one attached hydrogen (secondary N) is 1. The fraction of sp³-hybridized carbons (Fsp3) is 0.381. The van der Waals surface area contributed by atoms with E-state index in [0.29, 0.717) is 0 Å². The van der Waals surface area contributed by atoms with Gasteiger partial charge in [0.25, 0.3) is 0 Å². The number of rotatable bonds is 3. The van der Waals surface area contributed by atoms with Gasteiger partial charge >= 0.3 is 0 Å². The van der Waals surface area contributed by atoms with Crippen molar-refractivity contribution in [3.05, 3.63) is 65.2 Å². The van der Waals surface area contributed by atoms with Gasteiger partial charge in [0.1, 0.15) is 0 Å². The molecule has 24 heavy (non-hydrogen) atoms. The van der Waals surface area contributed by atoms with Crippen molar-refractivity contribution in [2.75, 3.05) is 18.4 Å². The number of nitrogens with zero attached hydrogens (tertiary/aromatic N) is 1. The molecule has 126 valence electrons. The zero-order valence-electron chi connectivity index (χ0n) is 14.6. The lowest BCUT2D eigenvalue weighted by Crippen LogP contribution is -2.41. The molecular formula is C21H26N2S. The molecule has 2 nitrogen and oxygen atoms in total.